The highest BCUT2D eigenvalue weighted by molar-refractivity contribution is 6.33. The fraction of sp³-hybridized carbons (Fsp3) is 0.385. The molecular formula is C13H15ClN4O. The zero-order valence-corrected chi connectivity index (χ0v) is 11.4. The van der Waals surface area contributed by atoms with Crippen molar-refractivity contribution in [2.45, 2.75) is 0 Å². The van der Waals surface area contributed by atoms with E-state index in [0.717, 1.165) is 37.1 Å². The van der Waals surface area contributed by atoms with Gasteiger partial charge in [0, 0.05) is 37.8 Å². The Morgan fingerprint density at radius 2 is 2.11 bits per heavy atom. The Balaban J connectivity index is 1.87. The van der Waals surface area contributed by atoms with E-state index in [4.69, 9.17) is 11.6 Å². The second-order valence-electron chi connectivity index (χ2n) is 4.84. The average Bonchev–Trinajstić information content (AvgIpc) is 2.84. The van der Waals surface area contributed by atoms with Crippen molar-refractivity contribution in [1.82, 2.24) is 19.8 Å². The largest absolute Gasteiger partial charge is 0.348 e. The number of aromatic amines is 1. The number of rotatable bonds is 1. The topological polar surface area (TPSA) is 52.2 Å². The highest BCUT2D eigenvalue weighted by Gasteiger charge is 2.22. The number of hydrogen-bond donors (Lipinski definition) is 1. The van der Waals surface area contributed by atoms with Crippen LogP contribution in [0, 0.1) is 0 Å². The molecule has 19 heavy (non-hydrogen) atoms. The summed E-state index contributed by atoms with van der Waals surface area (Å²) in [5.74, 6) is 0.0281. The summed E-state index contributed by atoms with van der Waals surface area (Å²) in [6.07, 6.45) is 1.64. The fourth-order valence-corrected chi connectivity index (χ4v) is 2.53. The monoisotopic (exact) mass is 278 g/mol. The van der Waals surface area contributed by atoms with Gasteiger partial charge in [0.25, 0.3) is 5.91 Å². The molecule has 0 atom stereocenters. The Morgan fingerprint density at radius 1 is 1.37 bits per heavy atom. The molecule has 1 fully saturated rings. The van der Waals surface area contributed by atoms with Gasteiger partial charge in [0.1, 0.15) is 5.69 Å². The first-order chi connectivity index (χ1) is 9.15. The van der Waals surface area contributed by atoms with Gasteiger partial charge < -0.3 is 14.8 Å². The Morgan fingerprint density at radius 3 is 2.79 bits per heavy atom. The quantitative estimate of drug-likeness (QED) is 0.806. The van der Waals surface area contributed by atoms with E-state index in [-0.39, 0.29) is 5.91 Å². The van der Waals surface area contributed by atoms with E-state index in [0.29, 0.717) is 10.8 Å². The maximum absolute atomic E-state index is 12.4. The van der Waals surface area contributed by atoms with Gasteiger partial charge in [-0.05, 0) is 19.2 Å². The third-order valence-electron chi connectivity index (χ3n) is 3.52. The molecule has 0 radical (unpaired) electrons. The lowest BCUT2D eigenvalue weighted by molar-refractivity contribution is 0.0659. The first-order valence-electron chi connectivity index (χ1n) is 6.26. The Kier molecular flexibility index (Phi) is 3.16. The minimum Gasteiger partial charge on any atom is -0.348 e. The molecule has 3 rings (SSSR count). The number of piperazine rings is 1. The number of carbonyl (C=O) groups excluding carboxylic acids is 1. The van der Waals surface area contributed by atoms with Crippen LogP contribution in [0.15, 0.2) is 18.3 Å². The normalized spacial score (nSPS) is 17.1. The van der Waals surface area contributed by atoms with Crippen LogP contribution in [0.25, 0.3) is 10.9 Å². The van der Waals surface area contributed by atoms with E-state index in [1.54, 1.807) is 6.20 Å². The molecule has 1 aliphatic rings. The van der Waals surface area contributed by atoms with E-state index in [1.807, 2.05) is 17.0 Å². The van der Waals surface area contributed by atoms with E-state index in [1.165, 1.54) is 0 Å². The van der Waals surface area contributed by atoms with Crippen LogP contribution in [0.3, 0.4) is 0 Å². The van der Waals surface area contributed by atoms with Crippen molar-refractivity contribution >= 4 is 28.4 Å². The van der Waals surface area contributed by atoms with Gasteiger partial charge >= 0.3 is 0 Å². The summed E-state index contributed by atoms with van der Waals surface area (Å²) in [5, 5.41) is 1.31. The molecule has 0 saturated carbocycles. The minimum atomic E-state index is 0.0281. The zero-order valence-electron chi connectivity index (χ0n) is 10.7. The second-order valence-corrected chi connectivity index (χ2v) is 5.20. The van der Waals surface area contributed by atoms with Crippen LogP contribution in [0.2, 0.25) is 5.15 Å². The number of nitrogens with one attached hydrogen (secondary N) is 1. The van der Waals surface area contributed by atoms with Crippen molar-refractivity contribution in [2.75, 3.05) is 33.2 Å². The number of pyridine rings is 1. The van der Waals surface area contributed by atoms with Crippen LogP contribution < -0.4 is 0 Å². The second kappa shape index (κ2) is 4.83. The lowest BCUT2D eigenvalue weighted by Crippen LogP contribution is -2.47. The number of fused-ring (bicyclic) bond motifs is 1. The van der Waals surface area contributed by atoms with Crippen LogP contribution in [-0.4, -0.2) is 58.9 Å². The number of amides is 1. The van der Waals surface area contributed by atoms with Crippen LogP contribution in [0.1, 0.15) is 10.5 Å². The SMILES string of the molecule is CN1CCN(C(=O)c2cc3ccnc(Cl)c3[nH]2)CC1. The molecule has 1 saturated heterocycles. The maximum Gasteiger partial charge on any atom is 0.270 e. The molecule has 1 N–H and O–H groups in total. The van der Waals surface area contributed by atoms with Gasteiger partial charge in [-0.2, -0.15) is 0 Å². The number of aromatic nitrogens is 2. The Labute approximate surface area is 116 Å². The van der Waals surface area contributed by atoms with Crippen molar-refractivity contribution in [3.63, 3.8) is 0 Å². The third kappa shape index (κ3) is 2.31. The van der Waals surface area contributed by atoms with Crippen LogP contribution in [0.5, 0.6) is 0 Å². The summed E-state index contributed by atoms with van der Waals surface area (Å²) >= 11 is 6.01. The van der Waals surface area contributed by atoms with Crippen molar-refractivity contribution in [2.24, 2.45) is 0 Å². The molecule has 0 bridgehead atoms. The molecule has 2 aromatic rings. The number of nitrogens with zero attached hydrogens (tertiary/aromatic N) is 3. The number of carbonyl (C=O) groups is 1. The summed E-state index contributed by atoms with van der Waals surface area (Å²) in [5.41, 5.74) is 1.30. The number of likely N-dealkylation sites (N-methyl/N-ethyl adjacent to an activating group) is 1. The first kappa shape index (κ1) is 12.4. The maximum atomic E-state index is 12.4. The number of H-pyrrole nitrogens is 1. The van der Waals surface area contributed by atoms with Crippen molar-refractivity contribution in [3.05, 3.63) is 29.2 Å². The summed E-state index contributed by atoms with van der Waals surface area (Å²) in [6.45, 7) is 3.34. The van der Waals surface area contributed by atoms with Gasteiger partial charge in [-0.25, -0.2) is 4.98 Å². The predicted octanol–water partition coefficient (Wildman–Crippen LogP) is 1.60. The van der Waals surface area contributed by atoms with Crippen molar-refractivity contribution < 1.29 is 4.79 Å². The molecule has 0 aromatic carbocycles. The van der Waals surface area contributed by atoms with Gasteiger partial charge in [0.15, 0.2) is 5.15 Å². The smallest absolute Gasteiger partial charge is 0.270 e. The lowest BCUT2D eigenvalue weighted by Gasteiger charge is -2.32. The lowest BCUT2D eigenvalue weighted by atomic mass is 10.2. The fourth-order valence-electron chi connectivity index (χ4n) is 2.32. The summed E-state index contributed by atoms with van der Waals surface area (Å²) < 4.78 is 0. The first-order valence-corrected chi connectivity index (χ1v) is 6.64. The van der Waals surface area contributed by atoms with Crippen molar-refractivity contribution in [1.29, 1.82) is 0 Å². The highest BCUT2D eigenvalue weighted by atomic mass is 35.5. The number of halogens is 1. The Hall–Kier alpha value is -1.59. The molecule has 2 aromatic heterocycles. The van der Waals surface area contributed by atoms with E-state index in [9.17, 15) is 4.79 Å². The standard InChI is InChI=1S/C13H15ClN4O/c1-17-4-6-18(7-5-17)13(19)10-8-9-2-3-15-12(14)11(9)16-10/h2-3,8,16H,4-7H2,1H3. The highest BCUT2D eigenvalue weighted by Crippen LogP contribution is 2.22. The van der Waals surface area contributed by atoms with Gasteiger partial charge in [-0.15, -0.1) is 0 Å². The van der Waals surface area contributed by atoms with Gasteiger partial charge in [-0.3, -0.25) is 4.79 Å². The molecule has 1 aliphatic heterocycles. The summed E-state index contributed by atoms with van der Waals surface area (Å²) in [6, 6.07) is 3.68. The van der Waals surface area contributed by atoms with Crippen molar-refractivity contribution in [3.8, 4) is 0 Å². The molecule has 1 amide bonds. The van der Waals surface area contributed by atoms with Gasteiger partial charge in [0.2, 0.25) is 0 Å². The number of hydrogen-bond acceptors (Lipinski definition) is 3. The van der Waals surface area contributed by atoms with Crippen LogP contribution >= 0.6 is 11.6 Å². The van der Waals surface area contributed by atoms with Crippen LogP contribution in [-0.2, 0) is 0 Å². The molecule has 100 valence electrons. The third-order valence-corrected chi connectivity index (χ3v) is 3.80. The molecule has 0 aliphatic carbocycles. The average molecular weight is 279 g/mol. The molecule has 0 unspecified atom stereocenters. The van der Waals surface area contributed by atoms with E-state index < -0.39 is 0 Å². The van der Waals surface area contributed by atoms with Gasteiger partial charge in [-0.1, -0.05) is 11.6 Å². The Bertz CT molecular complexity index is 616. The molecule has 0 spiro atoms. The molecule has 5 nitrogen and oxygen atoms in total. The molecular weight excluding hydrogens is 264 g/mol. The zero-order chi connectivity index (χ0) is 13.4. The molecule has 3 heterocycles. The van der Waals surface area contributed by atoms with Gasteiger partial charge in [0.05, 0.1) is 5.52 Å². The molecule has 6 heteroatoms. The summed E-state index contributed by atoms with van der Waals surface area (Å²) in [7, 11) is 2.07. The van der Waals surface area contributed by atoms with Crippen LogP contribution in [0.4, 0.5) is 0 Å². The van der Waals surface area contributed by atoms with E-state index >= 15 is 0 Å². The minimum absolute atomic E-state index is 0.0281. The predicted molar refractivity (Wildman–Crippen MR) is 74.5 cm³/mol. The summed E-state index contributed by atoms with van der Waals surface area (Å²) in [4.78, 5) is 23.6. The van der Waals surface area contributed by atoms with E-state index in [2.05, 4.69) is 21.9 Å².